The highest BCUT2D eigenvalue weighted by Gasteiger charge is 2.21. The Morgan fingerprint density at radius 3 is 2.03 bits per heavy atom. The molecule has 38 heavy (non-hydrogen) atoms. The number of hydrogen-bond donors (Lipinski definition) is 2. The van der Waals surface area contributed by atoms with E-state index >= 15 is 0 Å². The van der Waals surface area contributed by atoms with Gasteiger partial charge < -0.3 is 20.1 Å². The molecular formula is C30H47FN4O3. The first-order chi connectivity index (χ1) is 18.7. The van der Waals surface area contributed by atoms with Gasteiger partial charge in [-0.1, -0.05) is 83.1 Å². The fraction of sp³-hybridized carbons (Fsp3) is 0.667. The number of aliphatic hydroxyl groups is 1. The second-order valence-electron chi connectivity index (χ2n) is 10.3. The number of unbranched alkanes of at least 4 members (excludes halogenated alkanes) is 13. The SMILES string of the molecule is O=c1c(OCCCCCCCCCCCCCCCCO)c(N2CCNCC2)cnn1-c1cccc(F)c1. The van der Waals surface area contributed by atoms with Crippen LogP contribution in [0.2, 0.25) is 0 Å². The minimum Gasteiger partial charge on any atom is -0.486 e. The first-order valence-electron chi connectivity index (χ1n) is 14.8. The summed E-state index contributed by atoms with van der Waals surface area (Å²) >= 11 is 0. The van der Waals surface area contributed by atoms with Crippen molar-refractivity contribution in [1.29, 1.82) is 0 Å². The molecule has 0 amide bonds. The molecular weight excluding hydrogens is 483 g/mol. The molecule has 2 heterocycles. The highest BCUT2D eigenvalue weighted by atomic mass is 19.1. The Labute approximate surface area is 227 Å². The molecule has 0 unspecified atom stereocenters. The molecule has 0 saturated carbocycles. The predicted octanol–water partition coefficient (Wildman–Crippen LogP) is 5.61. The number of anilines is 1. The standard InChI is InChI=1S/C30H47FN4O3/c31-26-16-15-17-27(24-26)35-30(37)29(28(25-33-35)34-20-18-32-19-21-34)38-23-14-12-10-8-6-4-2-1-3-5-7-9-11-13-22-36/h15-17,24-25,32,36H,1-14,18-23H2. The fourth-order valence-corrected chi connectivity index (χ4v) is 5.00. The predicted molar refractivity (Wildman–Crippen MR) is 152 cm³/mol. The van der Waals surface area contributed by atoms with E-state index in [1.165, 1.54) is 81.0 Å². The molecule has 0 bridgehead atoms. The van der Waals surface area contributed by atoms with Gasteiger partial charge in [0.05, 0.1) is 18.5 Å². The maximum atomic E-state index is 13.8. The molecule has 0 aliphatic carbocycles. The Kier molecular flexibility index (Phi) is 14.2. The summed E-state index contributed by atoms with van der Waals surface area (Å²) < 4.78 is 21.1. The number of benzene rings is 1. The van der Waals surface area contributed by atoms with E-state index in [4.69, 9.17) is 9.84 Å². The number of nitrogens with one attached hydrogen (secondary N) is 1. The summed E-state index contributed by atoms with van der Waals surface area (Å²) in [6.07, 6.45) is 18.7. The Morgan fingerprint density at radius 2 is 1.45 bits per heavy atom. The maximum absolute atomic E-state index is 13.8. The van der Waals surface area contributed by atoms with Gasteiger partial charge in [0, 0.05) is 32.8 Å². The molecule has 1 aliphatic rings. The largest absolute Gasteiger partial charge is 0.486 e. The fourth-order valence-electron chi connectivity index (χ4n) is 5.00. The molecule has 2 aromatic rings. The first-order valence-corrected chi connectivity index (χ1v) is 14.8. The average molecular weight is 531 g/mol. The van der Waals surface area contributed by atoms with Gasteiger partial charge >= 0.3 is 5.56 Å². The number of aliphatic hydroxyl groups excluding tert-OH is 1. The van der Waals surface area contributed by atoms with Crippen molar-refractivity contribution < 1.29 is 14.2 Å². The Hall–Kier alpha value is -2.45. The quantitative estimate of drug-likeness (QED) is 0.230. The second-order valence-corrected chi connectivity index (χ2v) is 10.3. The molecule has 0 atom stereocenters. The van der Waals surface area contributed by atoms with Gasteiger partial charge in [-0.3, -0.25) is 4.79 Å². The third kappa shape index (κ3) is 10.4. The van der Waals surface area contributed by atoms with Crippen LogP contribution < -0.4 is 20.5 Å². The van der Waals surface area contributed by atoms with Gasteiger partial charge in [0.25, 0.3) is 0 Å². The lowest BCUT2D eigenvalue weighted by Crippen LogP contribution is -2.44. The van der Waals surface area contributed by atoms with E-state index in [2.05, 4.69) is 15.3 Å². The lowest BCUT2D eigenvalue weighted by molar-refractivity contribution is 0.282. The van der Waals surface area contributed by atoms with E-state index in [9.17, 15) is 9.18 Å². The normalized spacial score (nSPS) is 13.7. The van der Waals surface area contributed by atoms with Crippen molar-refractivity contribution in [3.05, 3.63) is 46.6 Å². The van der Waals surface area contributed by atoms with E-state index in [-0.39, 0.29) is 5.56 Å². The van der Waals surface area contributed by atoms with Gasteiger partial charge in [0.2, 0.25) is 5.75 Å². The molecule has 1 aromatic carbocycles. The van der Waals surface area contributed by atoms with Crippen LogP contribution in [0, 0.1) is 5.82 Å². The van der Waals surface area contributed by atoms with Crippen molar-refractivity contribution in [1.82, 2.24) is 15.1 Å². The maximum Gasteiger partial charge on any atom is 0.316 e. The lowest BCUT2D eigenvalue weighted by Gasteiger charge is -2.30. The number of hydrogen-bond acceptors (Lipinski definition) is 6. The third-order valence-corrected chi connectivity index (χ3v) is 7.22. The number of aromatic nitrogens is 2. The summed E-state index contributed by atoms with van der Waals surface area (Å²) in [7, 11) is 0. The zero-order chi connectivity index (χ0) is 26.8. The van der Waals surface area contributed by atoms with E-state index in [0.29, 0.717) is 30.3 Å². The third-order valence-electron chi connectivity index (χ3n) is 7.22. The highest BCUT2D eigenvalue weighted by Crippen LogP contribution is 2.25. The minimum atomic E-state index is -0.407. The molecule has 7 nitrogen and oxygen atoms in total. The van der Waals surface area contributed by atoms with Crippen molar-refractivity contribution in [2.24, 2.45) is 0 Å². The molecule has 1 fully saturated rings. The molecule has 1 aliphatic heterocycles. The Balaban J connectivity index is 1.38. The van der Waals surface area contributed by atoms with Gasteiger partial charge in [0.1, 0.15) is 11.5 Å². The summed E-state index contributed by atoms with van der Waals surface area (Å²) in [6, 6.07) is 5.91. The van der Waals surface area contributed by atoms with E-state index in [1.54, 1.807) is 18.3 Å². The van der Waals surface area contributed by atoms with Crippen LogP contribution in [0.15, 0.2) is 35.3 Å². The van der Waals surface area contributed by atoms with Gasteiger partial charge in [0.15, 0.2) is 0 Å². The number of nitrogens with zero attached hydrogens (tertiary/aromatic N) is 3. The molecule has 0 spiro atoms. The van der Waals surface area contributed by atoms with Crippen LogP contribution in [0.25, 0.3) is 5.69 Å². The highest BCUT2D eigenvalue weighted by molar-refractivity contribution is 5.57. The van der Waals surface area contributed by atoms with Crippen LogP contribution in [-0.4, -0.2) is 54.3 Å². The zero-order valence-electron chi connectivity index (χ0n) is 23.0. The minimum absolute atomic E-state index is 0.305. The van der Waals surface area contributed by atoms with Crippen LogP contribution in [-0.2, 0) is 0 Å². The molecule has 2 N–H and O–H groups in total. The molecule has 212 valence electrons. The molecule has 3 rings (SSSR count). The molecule has 1 aromatic heterocycles. The van der Waals surface area contributed by atoms with Crippen molar-refractivity contribution in [2.45, 2.75) is 89.9 Å². The lowest BCUT2D eigenvalue weighted by atomic mass is 10.0. The van der Waals surface area contributed by atoms with Crippen LogP contribution in [0.1, 0.15) is 89.9 Å². The summed E-state index contributed by atoms with van der Waals surface area (Å²) in [5.41, 5.74) is 0.760. The molecule has 0 radical (unpaired) electrons. The number of ether oxygens (including phenoxy) is 1. The van der Waals surface area contributed by atoms with Gasteiger partial charge in [-0.2, -0.15) is 9.78 Å². The van der Waals surface area contributed by atoms with E-state index in [1.807, 2.05) is 0 Å². The number of halogens is 1. The van der Waals surface area contributed by atoms with Crippen LogP contribution >= 0.6 is 0 Å². The second kappa shape index (κ2) is 17.9. The van der Waals surface area contributed by atoms with Crippen LogP contribution in [0.3, 0.4) is 0 Å². The summed E-state index contributed by atoms with van der Waals surface area (Å²) in [5, 5.41) is 16.5. The number of rotatable bonds is 19. The van der Waals surface area contributed by atoms with E-state index < -0.39 is 5.82 Å². The monoisotopic (exact) mass is 530 g/mol. The summed E-state index contributed by atoms with van der Waals surface area (Å²) in [4.78, 5) is 15.5. The Bertz CT molecular complexity index is 978. The van der Waals surface area contributed by atoms with Gasteiger partial charge in [-0.05, 0) is 31.0 Å². The van der Waals surface area contributed by atoms with Crippen molar-refractivity contribution >= 4 is 5.69 Å². The van der Waals surface area contributed by atoms with E-state index in [0.717, 1.165) is 51.9 Å². The van der Waals surface area contributed by atoms with Gasteiger partial charge in [-0.15, -0.1) is 0 Å². The van der Waals surface area contributed by atoms with Crippen molar-refractivity contribution in [3.8, 4) is 11.4 Å². The van der Waals surface area contributed by atoms with Gasteiger partial charge in [-0.25, -0.2) is 4.39 Å². The summed E-state index contributed by atoms with van der Waals surface area (Å²) in [6.45, 7) is 4.07. The topological polar surface area (TPSA) is 79.6 Å². The number of piperazine rings is 1. The smallest absolute Gasteiger partial charge is 0.316 e. The molecule has 8 heteroatoms. The van der Waals surface area contributed by atoms with Crippen LogP contribution in [0.4, 0.5) is 10.1 Å². The molecule has 1 saturated heterocycles. The summed E-state index contributed by atoms with van der Waals surface area (Å²) in [5.74, 6) is -0.102. The van der Waals surface area contributed by atoms with Crippen molar-refractivity contribution in [3.63, 3.8) is 0 Å². The Morgan fingerprint density at radius 1 is 0.868 bits per heavy atom. The van der Waals surface area contributed by atoms with Crippen molar-refractivity contribution in [2.75, 3.05) is 44.3 Å². The average Bonchev–Trinajstić information content (AvgIpc) is 2.94. The van der Waals surface area contributed by atoms with Crippen LogP contribution in [0.5, 0.6) is 5.75 Å². The zero-order valence-corrected chi connectivity index (χ0v) is 23.0. The first kappa shape index (κ1) is 30.1.